The zero-order valence-electron chi connectivity index (χ0n) is 13.4. The molecule has 0 aliphatic rings. The van der Waals surface area contributed by atoms with Crippen LogP contribution in [0.5, 0.6) is 0 Å². The predicted octanol–water partition coefficient (Wildman–Crippen LogP) is 5.20. The summed E-state index contributed by atoms with van der Waals surface area (Å²) in [5.74, 6) is 2.15. The number of hydrogen-bond donors (Lipinski definition) is 0. The molecule has 0 bridgehead atoms. The van der Waals surface area contributed by atoms with Crippen molar-refractivity contribution in [3.8, 4) is 11.4 Å². The summed E-state index contributed by atoms with van der Waals surface area (Å²) in [6, 6.07) is 9.03. The van der Waals surface area contributed by atoms with Crippen molar-refractivity contribution in [3.63, 3.8) is 0 Å². The topological polar surface area (TPSA) is 69.6 Å². The van der Waals surface area contributed by atoms with E-state index >= 15 is 0 Å². The molecule has 4 rings (SSSR count). The molecule has 0 aliphatic carbocycles. The molecule has 0 unspecified atom stereocenters. The van der Waals surface area contributed by atoms with Crippen LogP contribution < -0.4 is 0 Å². The lowest BCUT2D eigenvalue weighted by Gasteiger charge is -2.09. The minimum absolute atomic E-state index is 0.467. The van der Waals surface area contributed by atoms with Gasteiger partial charge in [-0.1, -0.05) is 23.2 Å². The molecule has 0 fully saturated rings. The number of aryl methyl sites for hydroxylation is 1. The second-order valence-corrected chi connectivity index (χ2v) is 8.12. The Morgan fingerprint density at radius 3 is 2.81 bits per heavy atom. The van der Waals surface area contributed by atoms with Gasteiger partial charge in [0.25, 0.3) is 0 Å². The first-order chi connectivity index (χ1) is 12.6. The van der Waals surface area contributed by atoms with Crippen molar-refractivity contribution in [2.45, 2.75) is 23.0 Å². The summed E-state index contributed by atoms with van der Waals surface area (Å²) in [6.07, 6.45) is 1.63. The Balaban J connectivity index is 1.78. The van der Waals surface area contributed by atoms with Crippen LogP contribution in [0, 0.1) is 6.92 Å². The molecule has 3 heterocycles. The van der Waals surface area contributed by atoms with E-state index in [9.17, 15) is 0 Å². The Morgan fingerprint density at radius 1 is 1.23 bits per heavy atom. The summed E-state index contributed by atoms with van der Waals surface area (Å²) in [4.78, 5) is 4.38. The Morgan fingerprint density at radius 2 is 2.12 bits per heavy atom. The summed E-state index contributed by atoms with van der Waals surface area (Å²) in [7, 11) is 0. The van der Waals surface area contributed by atoms with E-state index in [4.69, 9.17) is 27.6 Å². The van der Waals surface area contributed by atoms with Gasteiger partial charge < -0.3 is 4.42 Å². The fourth-order valence-electron chi connectivity index (χ4n) is 2.33. The number of halogens is 2. The van der Waals surface area contributed by atoms with Crippen molar-refractivity contribution in [2.24, 2.45) is 0 Å². The molecule has 4 aromatic rings. The summed E-state index contributed by atoms with van der Waals surface area (Å²) < 4.78 is 12.4. The first-order valence-electron chi connectivity index (χ1n) is 7.49. The van der Waals surface area contributed by atoms with Crippen molar-refractivity contribution in [3.05, 3.63) is 58.2 Å². The second kappa shape index (κ2) is 7.40. The highest BCUT2D eigenvalue weighted by Gasteiger charge is 2.19. The number of rotatable bonds is 5. The molecule has 0 radical (unpaired) electrons. The molecule has 26 heavy (non-hydrogen) atoms. The number of benzene rings is 1. The molecular formula is C16H11Cl2N5OS2. The quantitative estimate of drug-likeness (QED) is 0.438. The van der Waals surface area contributed by atoms with Crippen LogP contribution in [0.4, 0.5) is 0 Å². The summed E-state index contributed by atoms with van der Waals surface area (Å²) in [6.45, 7) is 2.32. The number of aromatic nitrogens is 5. The van der Waals surface area contributed by atoms with Crippen molar-refractivity contribution < 1.29 is 4.42 Å². The molecule has 0 saturated carbocycles. The lowest BCUT2D eigenvalue weighted by atomic mass is 10.2. The number of hydrogen-bond acceptors (Lipinski definition) is 7. The molecule has 0 aliphatic heterocycles. The van der Waals surface area contributed by atoms with Gasteiger partial charge in [0.15, 0.2) is 15.3 Å². The largest absolute Gasteiger partial charge is 0.467 e. The average molecular weight is 424 g/mol. The van der Waals surface area contributed by atoms with E-state index in [1.54, 1.807) is 18.4 Å². The van der Waals surface area contributed by atoms with Gasteiger partial charge in [0.2, 0.25) is 0 Å². The summed E-state index contributed by atoms with van der Waals surface area (Å²) >= 11 is 15.1. The van der Waals surface area contributed by atoms with Crippen molar-refractivity contribution in [1.29, 1.82) is 0 Å². The maximum Gasteiger partial charge on any atom is 0.199 e. The highest BCUT2D eigenvalue weighted by atomic mass is 35.5. The van der Waals surface area contributed by atoms with E-state index in [1.165, 1.54) is 23.3 Å². The van der Waals surface area contributed by atoms with Crippen LogP contribution in [0.25, 0.3) is 11.4 Å². The van der Waals surface area contributed by atoms with Gasteiger partial charge in [0.1, 0.15) is 11.6 Å². The molecule has 0 amide bonds. The molecule has 10 heteroatoms. The van der Waals surface area contributed by atoms with Gasteiger partial charge in [-0.15, -0.1) is 10.2 Å². The maximum absolute atomic E-state index is 6.37. The summed E-state index contributed by atoms with van der Waals surface area (Å²) in [5.41, 5.74) is 0.746. The Kier molecular flexibility index (Phi) is 4.99. The SMILES string of the molecule is Cc1nsc(Sc2nnc(-c3ccc(Cl)cc3Cl)n2Cc2ccco2)n1. The smallest absolute Gasteiger partial charge is 0.199 e. The van der Waals surface area contributed by atoms with Crippen molar-refractivity contribution in [2.75, 3.05) is 0 Å². The molecule has 0 spiro atoms. The minimum atomic E-state index is 0.467. The summed E-state index contributed by atoms with van der Waals surface area (Å²) in [5, 5.41) is 10.4. The normalized spacial score (nSPS) is 11.2. The van der Waals surface area contributed by atoms with Crippen LogP contribution in [0.2, 0.25) is 10.0 Å². The van der Waals surface area contributed by atoms with Gasteiger partial charge in [-0.3, -0.25) is 4.57 Å². The van der Waals surface area contributed by atoms with E-state index in [1.807, 2.05) is 29.7 Å². The first kappa shape index (κ1) is 17.5. The number of furan rings is 1. The molecule has 3 aromatic heterocycles. The molecular weight excluding hydrogens is 413 g/mol. The van der Waals surface area contributed by atoms with Gasteiger partial charge in [-0.05, 0) is 60.5 Å². The molecule has 1 aromatic carbocycles. The molecule has 0 atom stereocenters. The standard InChI is InChI=1S/C16H11Cl2N5OS2/c1-9-19-16(26-22-9)25-15-21-20-14(12-5-4-10(17)7-13(12)18)23(15)8-11-3-2-6-24-11/h2-7H,8H2,1H3. The van der Waals surface area contributed by atoms with Crippen molar-refractivity contribution >= 4 is 46.5 Å². The van der Waals surface area contributed by atoms with Crippen LogP contribution in [0.1, 0.15) is 11.6 Å². The highest BCUT2D eigenvalue weighted by molar-refractivity contribution is 8.00. The minimum Gasteiger partial charge on any atom is -0.467 e. The van der Waals surface area contributed by atoms with Gasteiger partial charge >= 0.3 is 0 Å². The Labute approximate surface area is 167 Å². The predicted molar refractivity (Wildman–Crippen MR) is 102 cm³/mol. The number of nitrogens with zero attached hydrogens (tertiary/aromatic N) is 5. The monoisotopic (exact) mass is 423 g/mol. The van der Waals surface area contributed by atoms with E-state index in [0.717, 1.165) is 21.5 Å². The van der Waals surface area contributed by atoms with Crippen molar-refractivity contribution in [1.82, 2.24) is 24.1 Å². The van der Waals surface area contributed by atoms with E-state index in [2.05, 4.69) is 19.6 Å². The van der Waals surface area contributed by atoms with Gasteiger partial charge in [0, 0.05) is 10.6 Å². The third-order valence-electron chi connectivity index (χ3n) is 3.47. The highest BCUT2D eigenvalue weighted by Crippen LogP contribution is 2.34. The lowest BCUT2D eigenvalue weighted by Crippen LogP contribution is -2.03. The fraction of sp³-hybridized carbons (Fsp3) is 0.125. The van der Waals surface area contributed by atoms with Crippen LogP contribution in [0.3, 0.4) is 0 Å². The van der Waals surface area contributed by atoms with Gasteiger partial charge in [0.05, 0.1) is 17.8 Å². The Hall–Kier alpha value is -1.87. The maximum atomic E-state index is 6.37. The van der Waals surface area contributed by atoms with Crippen LogP contribution >= 0.6 is 46.5 Å². The molecule has 132 valence electrons. The van der Waals surface area contributed by atoms with Gasteiger partial charge in [-0.25, -0.2) is 4.98 Å². The average Bonchev–Trinajstić information content (AvgIpc) is 3.33. The second-order valence-electron chi connectivity index (χ2n) is 5.31. The zero-order chi connectivity index (χ0) is 18.1. The molecule has 0 N–H and O–H groups in total. The van der Waals surface area contributed by atoms with Crippen LogP contribution in [-0.4, -0.2) is 24.1 Å². The fourth-order valence-corrected chi connectivity index (χ4v) is 4.41. The van der Waals surface area contributed by atoms with Gasteiger partial charge in [-0.2, -0.15) is 4.37 Å². The third-order valence-corrected chi connectivity index (χ3v) is 5.85. The van der Waals surface area contributed by atoms with Crippen LogP contribution in [0.15, 0.2) is 50.5 Å². The lowest BCUT2D eigenvalue weighted by molar-refractivity contribution is 0.485. The molecule has 0 saturated heterocycles. The van der Waals surface area contributed by atoms with E-state index in [-0.39, 0.29) is 0 Å². The van der Waals surface area contributed by atoms with E-state index in [0.29, 0.717) is 27.6 Å². The van der Waals surface area contributed by atoms with Crippen LogP contribution in [-0.2, 0) is 6.54 Å². The first-order valence-corrected chi connectivity index (χ1v) is 9.84. The van der Waals surface area contributed by atoms with E-state index < -0.39 is 0 Å². The third kappa shape index (κ3) is 3.64. The molecule has 6 nitrogen and oxygen atoms in total. The Bertz CT molecular complexity index is 1050. The zero-order valence-corrected chi connectivity index (χ0v) is 16.5.